The third-order valence-corrected chi connectivity index (χ3v) is 1.13. The second-order valence-electron chi connectivity index (χ2n) is 1.53. The number of alkyl halides is 3. The summed E-state index contributed by atoms with van der Waals surface area (Å²) in [5.74, 6) is -5.58. The Labute approximate surface area is 59.8 Å². The van der Waals surface area contributed by atoms with Crippen LogP contribution < -0.4 is 0 Å². The van der Waals surface area contributed by atoms with E-state index in [-0.39, 0.29) is 0 Å². The molecule has 0 spiro atoms. The van der Waals surface area contributed by atoms with Gasteiger partial charge in [-0.15, -0.1) is 0 Å². The Hall–Kier alpha value is -0.0000000000000000555. The molecule has 0 heterocycles. The first-order chi connectivity index (χ1) is 4.42. The van der Waals surface area contributed by atoms with Gasteiger partial charge >= 0.3 is 12.3 Å². The molecule has 6 heteroatoms. The lowest BCUT2D eigenvalue weighted by atomic mass is 10.2. The lowest BCUT2D eigenvalue weighted by molar-refractivity contribution is -0.106. The molecule has 1 radical (unpaired) electrons. The predicted octanol–water partition coefficient (Wildman–Crippen LogP) is 2.32. The van der Waals surface area contributed by atoms with Crippen molar-refractivity contribution in [1.82, 2.24) is 0 Å². The van der Waals surface area contributed by atoms with E-state index in [0.717, 1.165) is 0 Å². The lowest BCUT2D eigenvalue weighted by Crippen LogP contribution is -2.34. The van der Waals surface area contributed by atoms with Crippen LogP contribution in [0.4, 0.5) is 22.0 Å². The highest BCUT2D eigenvalue weighted by molar-refractivity contribution is 7.80. The number of hydrogen-bond acceptors (Lipinski definition) is 1. The van der Waals surface area contributed by atoms with E-state index in [1.54, 1.807) is 0 Å². The molecule has 0 aliphatic rings. The normalized spacial score (nSPS) is 15.9. The summed E-state index contributed by atoms with van der Waals surface area (Å²) < 4.78 is 57.6. The Morgan fingerprint density at radius 2 is 1.80 bits per heavy atom. The molecule has 1 unspecified atom stereocenters. The predicted molar refractivity (Wildman–Crippen MR) is 29.2 cm³/mol. The van der Waals surface area contributed by atoms with Crippen molar-refractivity contribution in [2.45, 2.75) is 12.1 Å². The summed E-state index contributed by atoms with van der Waals surface area (Å²) in [7, 11) is 0. The fourth-order valence-electron chi connectivity index (χ4n) is 0.233. The molecular weight excluding hydrogens is 175 g/mol. The van der Waals surface area contributed by atoms with Gasteiger partial charge in [-0.25, -0.2) is 4.39 Å². The molecular formula is C4H4F5S. The Morgan fingerprint density at radius 1 is 1.40 bits per heavy atom. The zero-order valence-electron chi connectivity index (χ0n) is 4.62. The van der Waals surface area contributed by atoms with E-state index in [9.17, 15) is 22.0 Å². The van der Waals surface area contributed by atoms with Crippen molar-refractivity contribution in [3.8, 4) is 0 Å². The van der Waals surface area contributed by atoms with Crippen molar-refractivity contribution in [2.75, 3.05) is 5.75 Å². The topological polar surface area (TPSA) is 0 Å². The van der Waals surface area contributed by atoms with Crippen LogP contribution in [0.5, 0.6) is 0 Å². The van der Waals surface area contributed by atoms with E-state index < -0.39 is 24.3 Å². The van der Waals surface area contributed by atoms with Gasteiger partial charge in [0.25, 0.3) is 0 Å². The standard InChI is InChI=1S/C4H4F5S/c5-2(1-10)4(8,9)3(6)7/h2,10H,1H2. The second-order valence-corrected chi connectivity index (χ2v) is 1.90. The Morgan fingerprint density at radius 3 is 1.90 bits per heavy atom. The Kier molecular flexibility index (Phi) is 3.41. The lowest BCUT2D eigenvalue weighted by Gasteiger charge is -2.15. The summed E-state index contributed by atoms with van der Waals surface area (Å²) in [6, 6.07) is 0. The zero-order valence-corrected chi connectivity index (χ0v) is 5.52. The van der Waals surface area contributed by atoms with Gasteiger partial charge in [0.05, 0.1) is 0 Å². The summed E-state index contributed by atoms with van der Waals surface area (Å²) in [6.07, 6.45) is -6.13. The highest BCUT2D eigenvalue weighted by Crippen LogP contribution is 2.34. The number of halogens is 5. The molecule has 0 aromatic rings. The van der Waals surface area contributed by atoms with Gasteiger partial charge in [-0.05, 0) is 0 Å². The van der Waals surface area contributed by atoms with Crippen LogP contribution in [-0.4, -0.2) is 17.8 Å². The van der Waals surface area contributed by atoms with Gasteiger partial charge in [-0.3, -0.25) is 0 Å². The van der Waals surface area contributed by atoms with Gasteiger partial charge in [0, 0.05) is 5.75 Å². The quantitative estimate of drug-likeness (QED) is 0.498. The third kappa shape index (κ3) is 2.00. The van der Waals surface area contributed by atoms with Crippen molar-refractivity contribution in [3.05, 3.63) is 6.43 Å². The highest BCUT2D eigenvalue weighted by atomic mass is 32.1. The largest absolute Gasteiger partial charge is 0.381 e. The van der Waals surface area contributed by atoms with Gasteiger partial charge < -0.3 is 0 Å². The van der Waals surface area contributed by atoms with Crippen LogP contribution >= 0.6 is 12.6 Å². The summed E-state index contributed by atoms with van der Waals surface area (Å²) >= 11 is 3.10. The van der Waals surface area contributed by atoms with Crippen molar-refractivity contribution in [1.29, 1.82) is 0 Å². The van der Waals surface area contributed by atoms with Gasteiger partial charge in [0.15, 0.2) is 6.17 Å². The van der Waals surface area contributed by atoms with Gasteiger partial charge in [-0.2, -0.15) is 30.2 Å². The molecule has 0 N–H and O–H groups in total. The highest BCUT2D eigenvalue weighted by Gasteiger charge is 2.50. The zero-order chi connectivity index (χ0) is 8.36. The van der Waals surface area contributed by atoms with E-state index in [0.29, 0.717) is 0 Å². The molecule has 61 valence electrons. The van der Waals surface area contributed by atoms with Crippen LogP contribution in [0.2, 0.25) is 0 Å². The Bertz CT molecular complexity index is 104. The smallest absolute Gasteiger partial charge is 0.240 e. The molecule has 10 heavy (non-hydrogen) atoms. The molecule has 0 saturated heterocycles. The maximum absolute atomic E-state index is 11.8. The first-order valence-corrected chi connectivity index (χ1v) is 2.87. The number of thiol groups is 1. The molecule has 0 nitrogen and oxygen atoms in total. The van der Waals surface area contributed by atoms with Gasteiger partial charge in [0.2, 0.25) is 0 Å². The maximum Gasteiger partial charge on any atom is 0.381 e. The van der Waals surface area contributed by atoms with E-state index in [1.165, 1.54) is 0 Å². The molecule has 0 saturated carbocycles. The van der Waals surface area contributed by atoms with Crippen LogP contribution in [-0.2, 0) is 0 Å². The Balaban J connectivity index is 4.09. The third-order valence-electron chi connectivity index (χ3n) is 0.806. The molecule has 0 rings (SSSR count). The van der Waals surface area contributed by atoms with E-state index in [1.807, 2.05) is 0 Å². The molecule has 0 bridgehead atoms. The first kappa shape index (κ1) is 10.0. The van der Waals surface area contributed by atoms with Gasteiger partial charge in [0.1, 0.15) is 0 Å². The first-order valence-electron chi connectivity index (χ1n) is 2.24. The van der Waals surface area contributed by atoms with Crippen LogP contribution in [0.3, 0.4) is 0 Å². The minimum atomic E-state index is -4.65. The summed E-state index contributed by atoms with van der Waals surface area (Å²) in [4.78, 5) is 0. The molecule has 0 fully saturated rings. The van der Waals surface area contributed by atoms with Gasteiger partial charge in [-0.1, -0.05) is 0 Å². The van der Waals surface area contributed by atoms with Crippen molar-refractivity contribution in [2.24, 2.45) is 0 Å². The maximum atomic E-state index is 11.8. The molecule has 0 aromatic heterocycles. The average Bonchev–Trinajstić information content (AvgIpc) is 1.86. The summed E-state index contributed by atoms with van der Waals surface area (Å²) in [6.45, 7) is 0. The van der Waals surface area contributed by atoms with Crippen LogP contribution in [0.15, 0.2) is 0 Å². The van der Waals surface area contributed by atoms with E-state index in [4.69, 9.17) is 0 Å². The SMILES string of the molecule is F[C](F)C(F)(F)C(F)CS. The molecule has 0 aliphatic carbocycles. The molecule has 1 atom stereocenters. The number of hydrogen-bond donors (Lipinski definition) is 1. The van der Waals surface area contributed by atoms with Crippen LogP contribution in [0.25, 0.3) is 0 Å². The van der Waals surface area contributed by atoms with Crippen LogP contribution in [0, 0.1) is 6.43 Å². The van der Waals surface area contributed by atoms with Crippen LogP contribution in [0.1, 0.15) is 0 Å². The fraction of sp³-hybridized carbons (Fsp3) is 0.750. The average molecular weight is 179 g/mol. The monoisotopic (exact) mass is 179 g/mol. The summed E-state index contributed by atoms with van der Waals surface area (Å²) in [5.41, 5.74) is 0. The van der Waals surface area contributed by atoms with E-state index >= 15 is 0 Å². The van der Waals surface area contributed by atoms with Crippen molar-refractivity contribution < 1.29 is 22.0 Å². The minimum absolute atomic E-state index is 0.926. The van der Waals surface area contributed by atoms with E-state index in [2.05, 4.69) is 12.6 Å². The fourth-order valence-corrected chi connectivity index (χ4v) is 0.462. The second kappa shape index (κ2) is 3.41. The molecule has 0 amide bonds. The molecule has 0 aliphatic heterocycles. The van der Waals surface area contributed by atoms with Crippen molar-refractivity contribution in [3.63, 3.8) is 0 Å². The number of rotatable bonds is 3. The van der Waals surface area contributed by atoms with Crippen molar-refractivity contribution >= 4 is 12.6 Å². The molecule has 0 aromatic carbocycles. The minimum Gasteiger partial charge on any atom is -0.240 e. The summed E-state index contributed by atoms with van der Waals surface area (Å²) in [5, 5.41) is 0.